The van der Waals surface area contributed by atoms with Gasteiger partial charge in [0.1, 0.15) is 0 Å². The summed E-state index contributed by atoms with van der Waals surface area (Å²) in [4.78, 5) is 27.3. The monoisotopic (exact) mass is 484 g/mol. The van der Waals surface area contributed by atoms with Crippen LogP contribution in [0.5, 0.6) is 0 Å². The molecule has 4 rings (SSSR count). The average Bonchev–Trinajstić information content (AvgIpc) is 2.81. The molecule has 1 aliphatic rings. The molecular formula is C24H22Cl2N4O3. The van der Waals surface area contributed by atoms with Crippen molar-refractivity contribution < 1.29 is 9.72 Å². The minimum Gasteiger partial charge on any atom is -0.368 e. The first-order valence-electron chi connectivity index (χ1n) is 10.5. The summed E-state index contributed by atoms with van der Waals surface area (Å²) in [5, 5.41) is 14.9. The highest BCUT2D eigenvalue weighted by Gasteiger charge is 2.20. The fourth-order valence-electron chi connectivity index (χ4n) is 3.79. The number of piperazine rings is 1. The molecule has 1 heterocycles. The van der Waals surface area contributed by atoms with Gasteiger partial charge in [0.2, 0.25) is 0 Å². The summed E-state index contributed by atoms with van der Waals surface area (Å²) in [7, 11) is 0. The third-order valence-corrected chi connectivity index (χ3v) is 6.28. The minimum absolute atomic E-state index is 0.0640. The highest BCUT2D eigenvalue weighted by molar-refractivity contribution is 6.33. The van der Waals surface area contributed by atoms with E-state index < -0.39 is 4.92 Å². The SMILES string of the molecule is O=C(Nc1ccc(N2CCN(Cc3ccccc3Cl)CC2)c(Cl)c1)c1ccc([N+](=O)[O-])cc1. The molecule has 0 atom stereocenters. The zero-order valence-corrected chi connectivity index (χ0v) is 19.2. The number of nitro groups is 1. The van der Waals surface area contributed by atoms with Gasteiger partial charge in [0.25, 0.3) is 11.6 Å². The van der Waals surface area contributed by atoms with Crippen molar-refractivity contribution in [2.75, 3.05) is 36.4 Å². The Morgan fingerprint density at radius 3 is 2.27 bits per heavy atom. The molecule has 9 heteroatoms. The lowest BCUT2D eigenvalue weighted by Gasteiger charge is -2.36. The van der Waals surface area contributed by atoms with Crippen LogP contribution >= 0.6 is 23.2 Å². The van der Waals surface area contributed by atoms with Crippen LogP contribution in [-0.2, 0) is 6.54 Å². The number of rotatable bonds is 6. The summed E-state index contributed by atoms with van der Waals surface area (Å²) in [5.41, 5.74) is 2.87. The molecule has 0 radical (unpaired) electrons. The number of nitrogens with one attached hydrogen (secondary N) is 1. The van der Waals surface area contributed by atoms with Crippen molar-refractivity contribution in [2.24, 2.45) is 0 Å². The van der Waals surface area contributed by atoms with E-state index in [1.807, 2.05) is 24.3 Å². The first kappa shape index (κ1) is 23.0. The predicted octanol–water partition coefficient (Wildman–Crippen LogP) is 5.48. The molecule has 3 aromatic rings. The van der Waals surface area contributed by atoms with E-state index in [2.05, 4.69) is 21.2 Å². The van der Waals surface area contributed by atoms with Gasteiger partial charge in [0, 0.05) is 61.1 Å². The Morgan fingerprint density at radius 1 is 0.939 bits per heavy atom. The number of anilines is 2. The first-order valence-corrected chi connectivity index (χ1v) is 11.2. The largest absolute Gasteiger partial charge is 0.368 e. The maximum absolute atomic E-state index is 12.5. The number of hydrogen-bond donors (Lipinski definition) is 1. The lowest BCUT2D eigenvalue weighted by atomic mass is 10.1. The molecule has 170 valence electrons. The number of amides is 1. The second-order valence-electron chi connectivity index (χ2n) is 7.78. The standard InChI is InChI=1S/C24H22Cl2N4O3/c25-21-4-2-1-3-18(21)16-28-11-13-29(14-12-28)23-10-7-19(15-22(23)26)27-24(31)17-5-8-20(9-6-17)30(32)33/h1-10,15H,11-14,16H2,(H,27,31). The zero-order valence-electron chi connectivity index (χ0n) is 17.7. The van der Waals surface area contributed by atoms with E-state index in [4.69, 9.17) is 23.2 Å². The summed E-state index contributed by atoms with van der Waals surface area (Å²) in [6, 6.07) is 18.8. The minimum atomic E-state index is -0.503. The van der Waals surface area contributed by atoms with Crippen LogP contribution in [-0.4, -0.2) is 41.9 Å². The van der Waals surface area contributed by atoms with Gasteiger partial charge in [0.15, 0.2) is 0 Å². The van der Waals surface area contributed by atoms with Gasteiger partial charge in [-0.05, 0) is 42.0 Å². The normalized spacial score (nSPS) is 14.2. The molecule has 1 fully saturated rings. The van der Waals surface area contributed by atoms with Gasteiger partial charge in [0.05, 0.1) is 15.6 Å². The van der Waals surface area contributed by atoms with Gasteiger partial charge in [-0.15, -0.1) is 0 Å². The Labute approximate surface area is 201 Å². The fourth-order valence-corrected chi connectivity index (χ4v) is 4.29. The van der Waals surface area contributed by atoms with Gasteiger partial charge in [-0.3, -0.25) is 19.8 Å². The summed E-state index contributed by atoms with van der Waals surface area (Å²) < 4.78 is 0. The topological polar surface area (TPSA) is 78.7 Å². The number of benzene rings is 3. The lowest BCUT2D eigenvalue weighted by Crippen LogP contribution is -2.46. The number of hydrogen-bond acceptors (Lipinski definition) is 5. The third kappa shape index (κ3) is 5.63. The van der Waals surface area contributed by atoms with E-state index in [0.29, 0.717) is 16.3 Å². The van der Waals surface area contributed by atoms with Crippen molar-refractivity contribution in [3.63, 3.8) is 0 Å². The van der Waals surface area contributed by atoms with Crippen LogP contribution in [0.2, 0.25) is 10.0 Å². The Hall–Kier alpha value is -3.13. The van der Waals surface area contributed by atoms with Crippen LogP contribution in [0.3, 0.4) is 0 Å². The summed E-state index contributed by atoms with van der Waals surface area (Å²) in [6.07, 6.45) is 0. The predicted molar refractivity (Wildman–Crippen MR) is 131 cm³/mol. The fraction of sp³-hybridized carbons (Fsp3) is 0.208. The van der Waals surface area contributed by atoms with Crippen molar-refractivity contribution in [3.8, 4) is 0 Å². The maximum atomic E-state index is 12.5. The molecule has 0 aliphatic carbocycles. The van der Waals surface area contributed by atoms with Crippen LogP contribution in [0.25, 0.3) is 0 Å². The van der Waals surface area contributed by atoms with Crippen molar-refractivity contribution in [1.82, 2.24) is 4.90 Å². The molecule has 1 N–H and O–H groups in total. The first-order chi connectivity index (χ1) is 15.9. The Kier molecular flexibility index (Phi) is 7.13. The van der Waals surface area contributed by atoms with E-state index in [-0.39, 0.29) is 11.6 Å². The molecule has 33 heavy (non-hydrogen) atoms. The molecule has 7 nitrogen and oxygen atoms in total. The van der Waals surface area contributed by atoms with Gasteiger partial charge < -0.3 is 10.2 Å². The number of carbonyl (C=O) groups excluding carboxylic acids is 1. The summed E-state index contributed by atoms with van der Waals surface area (Å²) in [6.45, 7) is 4.26. The molecule has 1 aliphatic heterocycles. The van der Waals surface area contributed by atoms with Crippen molar-refractivity contribution in [2.45, 2.75) is 6.54 Å². The van der Waals surface area contributed by atoms with Crippen LogP contribution in [0, 0.1) is 10.1 Å². The van der Waals surface area contributed by atoms with Crippen LogP contribution in [0.15, 0.2) is 66.7 Å². The lowest BCUT2D eigenvalue weighted by molar-refractivity contribution is -0.384. The number of halogens is 2. The van der Waals surface area contributed by atoms with E-state index in [1.54, 1.807) is 12.1 Å². The van der Waals surface area contributed by atoms with E-state index in [1.165, 1.54) is 24.3 Å². The van der Waals surface area contributed by atoms with E-state index >= 15 is 0 Å². The van der Waals surface area contributed by atoms with Gasteiger partial charge in [-0.2, -0.15) is 0 Å². The van der Waals surface area contributed by atoms with Gasteiger partial charge >= 0.3 is 0 Å². The second kappa shape index (κ2) is 10.2. The van der Waals surface area contributed by atoms with Crippen LogP contribution in [0.4, 0.5) is 17.1 Å². The molecule has 0 saturated carbocycles. The van der Waals surface area contributed by atoms with Gasteiger partial charge in [-0.1, -0.05) is 41.4 Å². The quantitative estimate of drug-likeness (QED) is 0.370. The smallest absolute Gasteiger partial charge is 0.269 e. The number of carbonyl (C=O) groups is 1. The highest BCUT2D eigenvalue weighted by atomic mass is 35.5. The molecule has 1 saturated heterocycles. The Morgan fingerprint density at radius 2 is 1.64 bits per heavy atom. The number of nitro benzene ring substituents is 1. The molecule has 3 aromatic carbocycles. The Bertz CT molecular complexity index is 1160. The maximum Gasteiger partial charge on any atom is 0.269 e. The number of non-ortho nitro benzene ring substituents is 1. The zero-order chi connectivity index (χ0) is 23.4. The van der Waals surface area contributed by atoms with Crippen molar-refractivity contribution >= 4 is 46.2 Å². The second-order valence-corrected chi connectivity index (χ2v) is 8.59. The Balaban J connectivity index is 1.35. The van der Waals surface area contributed by atoms with Crippen molar-refractivity contribution in [1.29, 1.82) is 0 Å². The summed E-state index contributed by atoms with van der Waals surface area (Å²) in [5.74, 6) is -0.359. The molecule has 1 amide bonds. The molecule has 0 unspecified atom stereocenters. The third-order valence-electron chi connectivity index (χ3n) is 5.61. The molecule has 0 spiro atoms. The number of nitrogens with zero attached hydrogens (tertiary/aromatic N) is 3. The molecule has 0 aromatic heterocycles. The average molecular weight is 485 g/mol. The highest BCUT2D eigenvalue weighted by Crippen LogP contribution is 2.30. The van der Waals surface area contributed by atoms with Gasteiger partial charge in [-0.25, -0.2) is 0 Å². The molecule has 0 bridgehead atoms. The van der Waals surface area contributed by atoms with Crippen LogP contribution < -0.4 is 10.2 Å². The van der Waals surface area contributed by atoms with Crippen LogP contribution in [0.1, 0.15) is 15.9 Å². The summed E-state index contributed by atoms with van der Waals surface area (Å²) >= 11 is 12.8. The van der Waals surface area contributed by atoms with E-state index in [0.717, 1.165) is 49.0 Å². The molecular weight excluding hydrogens is 463 g/mol. The van der Waals surface area contributed by atoms with Crippen molar-refractivity contribution in [3.05, 3.63) is 98.0 Å². The van der Waals surface area contributed by atoms with E-state index in [9.17, 15) is 14.9 Å².